The third kappa shape index (κ3) is 5.13. The van der Waals surface area contributed by atoms with E-state index in [2.05, 4.69) is 31.8 Å². The average Bonchev–Trinajstić information content (AvgIpc) is 2.98. The van der Waals surface area contributed by atoms with Crippen molar-refractivity contribution in [2.45, 2.75) is 0 Å². The standard InChI is InChI=1S/C14H12BrN3O2S/c15-11-4-1-3-10(7-11)14(20)16-9-13(19)18-17-8-12-5-2-6-21-12/h1-8H,9H2,(H,16,20)(H,18,19)/b17-8-. The molecule has 0 bridgehead atoms. The SMILES string of the molecule is O=C(CNC(=O)c1cccc(Br)c1)N/N=C\c1cccs1. The topological polar surface area (TPSA) is 70.6 Å². The molecule has 1 aromatic carbocycles. The van der Waals surface area contributed by atoms with Crippen molar-refractivity contribution in [1.82, 2.24) is 10.7 Å². The highest BCUT2D eigenvalue weighted by Crippen LogP contribution is 2.11. The van der Waals surface area contributed by atoms with Crippen LogP contribution in [0, 0.1) is 0 Å². The number of rotatable bonds is 5. The van der Waals surface area contributed by atoms with Crippen molar-refractivity contribution < 1.29 is 9.59 Å². The predicted molar refractivity (Wildman–Crippen MR) is 86.5 cm³/mol. The summed E-state index contributed by atoms with van der Waals surface area (Å²) in [7, 11) is 0. The van der Waals surface area contributed by atoms with E-state index in [1.165, 1.54) is 11.3 Å². The summed E-state index contributed by atoms with van der Waals surface area (Å²) >= 11 is 4.80. The number of hydrazone groups is 1. The molecule has 21 heavy (non-hydrogen) atoms. The third-order valence-corrected chi connectivity index (χ3v) is 3.72. The van der Waals surface area contributed by atoms with Gasteiger partial charge in [0.25, 0.3) is 11.8 Å². The summed E-state index contributed by atoms with van der Waals surface area (Å²) in [5.41, 5.74) is 2.84. The second-order valence-corrected chi connectivity index (χ2v) is 5.90. The molecule has 2 rings (SSSR count). The summed E-state index contributed by atoms with van der Waals surface area (Å²) in [6.07, 6.45) is 1.55. The molecule has 0 saturated carbocycles. The minimum Gasteiger partial charge on any atom is -0.343 e. The Labute approximate surface area is 134 Å². The first-order valence-electron chi connectivity index (χ1n) is 6.04. The van der Waals surface area contributed by atoms with Crippen molar-refractivity contribution in [3.8, 4) is 0 Å². The van der Waals surface area contributed by atoms with Crippen LogP contribution in [-0.4, -0.2) is 24.6 Å². The lowest BCUT2D eigenvalue weighted by molar-refractivity contribution is -0.120. The highest BCUT2D eigenvalue weighted by Gasteiger charge is 2.07. The van der Waals surface area contributed by atoms with Gasteiger partial charge >= 0.3 is 0 Å². The van der Waals surface area contributed by atoms with Crippen molar-refractivity contribution in [1.29, 1.82) is 0 Å². The molecule has 0 unspecified atom stereocenters. The van der Waals surface area contributed by atoms with Crippen LogP contribution in [0.2, 0.25) is 0 Å². The first-order chi connectivity index (χ1) is 10.1. The molecule has 5 nitrogen and oxygen atoms in total. The van der Waals surface area contributed by atoms with Crippen LogP contribution in [0.3, 0.4) is 0 Å². The number of hydrogen-bond acceptors (Lipinski definition) is 4. The van der Waals surface area contributed by atoms with Gasteiger partial charge in [0.05, 0.1) is 12.8 Å². The summed E-state index contributed by atoms with van der Waals surface area (Å²) in [5.74, 6) is -0.695. The molecule has 1 aromatic heterocycles. The zero-order valence-corrected chi connectivity index (χ0v) is 13.3. The number of carbonyl (C=O) groups excluding carboxylic acids is 2. The fourth-order valence-corrected chi connectivity index (χ4v) is 2.45. The Hall–Kier alpha value is -1.99. The minimum absolute atomic E-state index is 0.132. The Kier molecular flexibility index (Phi) is 5.65. The third-order valence-electron chi connectivity index (χ3n) is 2.42. The van der Waals surface area contributed by atoms with Gasteiger partial charge in [-0.15, -0.1) is 11.3 Å². The quantitative estimate of drug-likeness (QED) is 0.630. The molecular weight excluding hydrogens is 354 g/mol. The van der Waals surface area contributed by atoms with E-state index in [9.17, 15) is 9.59 Å². The molecular formula is C14H12BrN3O2S. The maximum absolute atomic E-state index is 11.8. The van der Waals surface area contributed by atoms with E-state index in [-0.39, 0.29) is 18.4 Å². The summed E-state index contributed by atoms with van der Waals surface area (Å²) in [6, 6.07) is 10.7. The van der Waals surface area contributed by atoms with Crippen molar-refractivity contribution in [2.24, 2.45) is 5.10 Å². The molecule has 0 saturated heterocycles. The molecule has 2 amide bonds. The zero-order valence-electron chi connectivity index (χ0n) is 10.9. The van der Waals surface area contributed by atoms with Crippen LogP contribution in [0.25, 0.3) is 0 Å². The van der Waals surface area contributed by atoms with Gasteiger partial charge in [0.15, 0.2) is 0 Å². The summed E-state index contributed by atoms with van der Waals surface area (Å²) in [5, 5.41) is 8.25. The highest BCUT2D eigenvalue weighted by atomic mass is 79.9. The number of thiophene rings is 1. The van der Waals surface area contributed by atoms with Gasteiger partial charge in [-0.2, -0.15) is 5.10 Å². The van der Waals surface area contributed by atoms with Gasteiger partial charge in [-0.3, -0.25) is 9.59 Å². The van der Waals surface area contributed by atoms with E-state index < -0.39 is 0 Å². The molecule has 0 radical (unpaired) electrons. The van der Waals surface area contributed by atoms with Gasteiger partial charge in [0.1, 0.15) is 0 Å². The maximum Gasteiger partial charge on any atom is 0.259 e. The average molecular weight is 366 g/mol. The van der Waals surface area contributed by atoms with Crippen LogP contribution in [0.15, 0.2) is 51.4 Å². The molecule has 2 aromatic rings. The Morgan fingerprint density at radius 2 is 2.14 bits per heavy atom. The first-order valence-corrected chi connectivity index (χ1v) is 7.71. The molecule has 0 spiro atoms. The van der Waals surface area contributed by atoms with Crippen LogP contribution in [0.1, 0.15) is 15.2 Å². The molecule has 0 aliphatic carbocycles. The Bertz CT molecular complexity index is 656. The zero-order chi connectivity index (χ0) is 15.1. The number of nitrogens with zero attached hydrogens (tertiary/aromatic N) is 1. The van der Waals surface area contributed by atoms with E-state index in [1.807, 2.05) is 23.6 Å². The molecule has 0 aliphatic heterocycles. The molecule has 108 valence electrons. The second kappa shape index (κ2) is 7.70. The van der Waals surface area contributed by atoms with Gasteiger partial charge in [-0.1, -0.05) is 28.1 Å². The number of benzene rings is 1. The van der Waals surface area contributed by atoms with Gasteiger partial charge < -0.3 is 5.32 Å². The lowest BCUT2D eigenvalue weighted by Gasteiger charge is -2.04. The van der Waals surface area contributed by atoms with E-state index in [0.29, 0.717) is 5.56 Å². The first kappa shape index (κ1) is 15.4. The van der Waals surface area contributed by atoms with Crippen LogP contribution >= 0.6 is 27.3 Å². The molecule has 0 atom stereocenters. The van der Waals surface area contributed by atoms with Crippen molar-refractivity contribution in [2.75, 3.05) is 6.54 Å². The minimum atomic E-state index is -0.383. The number of hydrogen-bond donors (Lipinski definition) is 2. The number of carbonyl (C=O) groups is 2. The Morgan fingerprint density at radius 3 is 2.86 bits per heavy atom. The Balaban J connectivity index is 1.77. The molecule has 1 heterocycles. The van der Waals surface area contributed by atoms with Crippen LogP contribution in [-0.2, 0) is 4.79 Å². The lowest BCUT2D eigenvalue weighted by Crippen LogP contribution is -2.34. The number of amides is 2. The van der Waals surface area contributed by atoms with E-state index in [4.69, 9.17) is 0 Å². The van der Waals surface area contributed by atoms with Gasteiger partial charge in [-0.05, 0) is 29.6 Å². The van der Waals surface area contributed by atoms with Crippen molar-refractivity contribution >= 4 is 45.3 Å². The summed E-state index contributed by atoms with van der Waals surface area (Å²) in [6.45, 7) is -0.132. The molecule has 7 heteroatoms. The molecule has 0 aliphatic rings. The van der Waals surface area contributed by atoms with Gasteiger partial charge in [-0.25, -0.2) is 5.43 Å². The molecule has 2 N–H and O–H groups in total. The predicted octanol–water partition coefficient (Wildman–Crippen LogP) is 2.39. The largest absolute Gasteiger partial charge is 0.343 e. The lowest BCUT2D eigenvalue weighted by atomic mass is 10.2. The maximum atomic E-state index is 11.8. The van der Waals surface area contributed by atoms with E-state index in [0.717, 1.165) is 9.35 Å². The Morgan fingerprint density at radius 1 is 1.29 bits per heavy atom. The fourth-order valence-electron chi connectivity index (χ4n) is 1.46. The van der Waals surface area contributed by atoms with Gasteiger partial charge in [0.2, 0.25) is 0 Å². The fraction of sp³-hybridized carbons (Fsp3) is 0.0714. The summed E-state index contributed by atoms with van der Waals surface area (Å²) < 4.78 is 0.806. The van der Waals surface area contributed by atoms with Crippen LogP contribution < -0.4 is 10.7 Å². The normalized spacial score (nSPS) is 10.5. The summed E-state index contributed by atoms with van der Waals surface area (Å²) in [4.78, 5) is 24.3. The van der Waals surface area contributed by atoms with Gasteiger partial charge in [0, 0.05) is 14.9 Å². The van der Waals surface area contributed by atoms with Crippen molar-refractivity contribution in [3.05, 3.63) is 56.7 Å². The molecule has 0 fully saturated rings. The van der Waals surface area contributed by atoms with Crippen LogP contribution in [0.5, 0.6) is 0 Å². The second-order valence-electron chi connectivity index (χ2n) is 4.00. The van der Waals surface area contributed by atoms with E-state index >= 15 is 0 Å². The smallest absolute Gasteiger partial charge is 0.259 e. The van der Waals surface area contributed by atoms with E-state index in [1.54, 1.807) is 24.4 Å². The number of halogens is 1. The highest BCUT2D eigenvalue weighted by molar-refractivity contribution is 9.10. The monoisotopic (exact) mass is 365 g/mol. The number of nitrogens with one attached hydrogen (secondary N) is 2. The van der Waals surface area contributed by atoms with Crippen molar-refractivity contribution in [3.63, 3.8) is 0 Å². The van der Waals surface area contributed by atoms with Crippen LogP contribution in [0.4, 0.5) is 0 Å².